The van der Waals surface area contributed by atoms with Crippen LogP contribution in [-0.2, 0) is 17.5 Å². The molecule has 5 aromatic heterocycles. The minimum atomic E-state index is -4.59. The summed E-state index contributed by atoms with van der Waals surface area (Å²) in [4.78, 5) is 40.7. The van der Waals surface area contributed by atoms with Gasteiger partial charge in [0, 0.05) is 38.1 Å². The van der Waals surface area contributed by atoms with Crippen LogP contribution in [0, 0.1) is 0 Å². The number of nitrogens with zero attached hydrogens (tertiary/aromatic N) is 8. The number of anilines is 1. The van der Waals surface area contributed by atoms with Gasteiger partial charge in [0.1, 0.15) is 22.8 Å². The molecule has 1 N–H and O–H groups in total. The molecule has 1 amide bonds. The minimum absolute atomic E-state index is 0.0783. The van der Waals surface area contributed by atoms with Gasteiger partial charge in [0.25, 0.3) is 0 Å². The van der Waals surface area contributed by atoms with Crippen molar-refractivity contribution in [2.45, 2.75) is 25.7 Å². The molecule has 37 heavy (non-hydrogen) atoms. The molecule has 5 aromatic rings. The molecular weight excluding hydrogens is 507 g/mol. The first-order valence-electron chi connectivity index (χ1n) is 11.5. The van der Waals surface area contributed by atoms with Crippen molar-refractivity contribution in [2.75, 3.05) is 24.5 Å². The monoisotopic (exact) mass is 527 g/mol. The largest absolute Gasteiger partial charge is 0.443 e. The number of alkyl halides is 3. The van der Waals surface area contributed by atoms with Gasteiger partial charge in [-0.2, -0.15) is 13.2 Å². The van der Waals surface area contributed by atoms with Crippen molar-refractivity contribution in [1.82, 2.24) is 39.4 Å². The van der Waals surface area contributed by atoms with Crippen molar-refractivity contribution >= 4 is 44.4 Å². The number of thiazole rings is 1. The van der Waals surface area contributed by atoms with Crippen molar-refractivity contribution in [3.63, 3.8) is 0 Å². The van der Waals surface area contributed by atoms with Crippen molar-refractivity contribution in [2.24, 2.45) is 0 Å². The van der Waals surface area contributed by atoms with Crippen LogP contribution in [-0.4, -0.2) is 71.0 Å². The van der Waals surface area contributed by atoms with Gasteiger partial charge in [0.05, 0.1) is 23.6 Å². The smallest absolute Gasteiger partial charge is 0.358 e. The van der Waals surface area contributed by atoms with Gasteiger partial charge >= 0.3 is 6.18 Å². The second-order valence-electron chi connectivity index (χ2n) is 8.75. The van der Waals surface area contributed by atoms with Crippen LogP contribution in [0.5, 0.6) is 0 Å². The fraction of sp³-hybridized carbons (Fsp3) is 0.304. The molecule has 10 nitrogen and oxygen atoms in total. The highest BCUT2D eigenvalue weighted by Crippen LogP contribution is 2.42. The third kappa shape index (κ3) is 4.26. The van der Waals surface area contributed by atoms with Crippen molar-refractivity contribution in [3.8, 4) is 11.5 Å². The molecule has 0 aliphatic carbocycles. The maximum atomic E-state index is 13.6. The molecule has 1 atom stereocenters. The van der Waals surface area contributed by atoms with Gasteiger partial charge in [0.2, 0.25) is 10.9 Å². The minimum Gasteiger partial charge on any atom is -0.358 e. The Kier molecular flexibility index (Phi) is 5.55. The lowest BCUT2D eigenvalue weighted by atomic mass is 10.2. The molecule has 1 aliphatic rings. The summed E-state index contributed by atoms with van der Waals surface area (Å²) in [6.45, 7) is 3.01. The van der Waals surface area contributed by atoms with Crippen LogP contribution < -0.4 is 4.90 Å². The van der Waals surface area contributed by atoms with Crippen molar-refractivity contribution in [1.29, 1.82) is 0 Å². The van der Waals surface area contributed by atoms with Gasteiger partial charge < -0.3 is 19.4 Å². The lowest BCUT2D eigenvalue weighted by Crippen LogP contribution is -2.54. The molecule has 0 saturated carbocycles. The Morgan fingerprint density at radius 2 is 2.03 bits per heavy atom. The third-order valence-corrected chi connectivity index (χ3v) is 7.44. The van der Waals surface area contributed by atoms with E-state index in [4.69, 9.17) is 0 Å². The topological polar surface area (TPSA) is 109 Å². The highest BCUT2D eigenvalue weighted by atomic mass is 32.1. The van der Waals surface area contributed by atoms with Gasteiger partial charge in [-0.15, -0.1) is 0 Å². The maximum Gasteiger partial charge on any atom is 0.443 e. The van der Waals surface area contributed by atoms with Crippen molar-refractivity contribution in [3.05, 3.63) is 48.1 Å². The molecule has 0 bridgehead atoms. The molecule has 1 fully saturated rings. The normalized spacial score (nSPS) is 16.7. The van der Waals surface area contributed by atoms with E-state index in [9.17, 15) is 18.0 Å². The van der Waals surface area contributed by atoms with Crippen LogP contribution >= 0.6 is 11.3 Å². The number of nitrogens with one attached hydrogen (secondary N) is 1. The second kappa shape index (κ2) is 8.80. The Labute approximate surface area is 211 Å². The van der Waals surface area contributed by atoms with E-state index in [2.05, 4.69) is 29.9 Å². The number of piperazine rings is 1. The Balaban J connectivity index is 1.25. The summed E-state index contributed by atoms with van der Waals surface area (Å²) in [5, 5.41) is -0.579. The Morgan fingerprint density at radius 3 is 2.81 bits per heavy atom. The molecular formula is C23H20F3N9OS. The SMILES string of the molecule is CC1CN(c2sc(C(F)(F)F)nc2-c2nc3ccncc3[nH]2)CCN1C(=O)Cn1cnc2cccnc21. The molecule has 1 unspecified atom stereocenters. The van der Waals surface area contributed by atoms with Crippen LogP contribution in [0.15, 0.2) is 43.1 Å². The number of hydrogen-bond donors (Lipinski definition) is 1. The predicted octanol–water partition coefficient (Wildman–Crippen LogP) is 3.58. The fourth-order valence-electron chi connectivity index (χ4n) is 4.53. The molecule has 1 aliphatic heterocycles. The number of aromatic amines is 1. The van der Waals surface area contributed by atoms with E-state index < -0.39 is 11.2 Å². The zero-order valence-corrected chi connectivity index (χ0v) is 20.3. The first-order valence-corrected chi connectivity index (χ1v) is 12.3. The number of imidazole rings is 2. The number of pyridine rings is 2. The average Bonchev–Trinajstić information content (AvgIpc) is 3.60. The summed E-state index contributed by atoms with van der Waals surface area (Å²) in [5.74, 6) is 0.137. The highest BCUT2D eigenvalue weighted by Gasteiger charge is 2.39. The molecule has 0 spiro atoms. The van der Waals surface area contributed by atoms with E-state index in [-0.39, 0.29) is 30.0 Å². The maximum absolute atomic E-state index is 13.6. The number of H-pyrrole nitrogens is 1. The lowest BCUT2D eigenvalue weighted by Gasteiger charge is -2.40. The molecule has 190 valence electrons. The quantitative estimate of drug-likeness (QED) is 0.381. The lowest BCUT2D eigenvalue weighted by molar-refractivity contribution is -0.137. The number of aromatic nitrogens is 7. The second-order valence-corrected chi connectivity index (χ2v) is 9.73. The van der Waals surface area contributed by atoms with Crippen LogP contribution in [0.1, 0.15) is 11.9 Å². The van der Waals surface area contributed by atoms with Crippen LogP contribution in [0.3, 0.4) is 0 Å². The van der Waals surface area contributed by atoms with E-state index in [1.54, 1.807) is 46.5 Å². The number of hydrogen-bond acceptors (Lipinski definition) is 8. The Bertz CT molecular complexity index is 1570. The van der Waals surface area contributed by atoms with Gasteiger partial charge in [-0.05, 0) is 25.1 Å². The Morgan fingerprint density at radius 1 is 1.16 bits per heavy atom. The first-order chi connectivity index (χ1) is 17.8. The average molecular weight is 528 g/mol. The van der Waals surface area contributed by atoms with Gasteiger partial charge in [-0.1, -0.05) is 11.3 Å². The zero-order valence-electron chi connectivity index (χ0n) is 19.5. The number of carbonyl (C=O) groups excluding carboxylic acids is 1. The fourth-order valence-corrected chi connectivity index (χ4v) is 5.50. The van der Waals surface area contributed by atoms with E-state index in [0.717, 1.165) is 0 Å². The van der Waals surface area contributed by atoms with Gasteiger partial charge in [0.15, 0.2) is 11.5 Å². The summed E-state index contributed by atoms with van der Waals surface area (Å²) in [6, 6.07) is 5.04. The number of amides is 1. The molecule has 0 radical (unpaired) electrons. The number of carbonyl (C=O) groups is 1. The third-order valence-electron chi connectivity index (χ3n) is 6.27. The predicted molar refractivity (Wildman–Crippen MR) is 131 cm³/mol. The Hall–Kier alpha value is -4.07. The summed E-state index contributed by atoms with van der Waals surface area (Å²) < 4.78 is 42.6. The zero-order chi connectivity index (χ0) is 25.7. The summed E-state index contributed by atoms with van der Waals surface area (Å²) >= 11 is 0.585. The van der Waals surface area contributed by atoms with E-state index in [1.807, 2.05) is 17.9 Å². The van der Waals surface area contributed by atoms with Crippen molar-refractivity contribution < 1.29 is 18.0 Å². The van der Waals surface area contributed by atoms with Crippen LogP contribution in [0.25, 0.3) is 33.7 Å². The van der Waals surface area contributed by atoms with E-state index in [0.29, 0.717) is 58.2 Å². The van der Waals surface area contributed by atoms with Crippen LogP contribution in [0.2, 0.25) is 0 Å². The first kappa shape index (κ1) is 23.3. The molecule has 6 heterocycles. The summed E-state index contributed by atoms with van der Waals surface area (Å²) in [7, 11) is 0. The van der Waals surface area contributed by atoms with E-state index in [1.165, 1.54) is 0 Å². The molecule has 1 saturated heterocycles. The summed E-state index contributed by atoms with van der Waals surface area (Å²) in [6.07, 6.45) is 1.77. The molecule has 6 rings (SSSR count). The molecule has 14 heteroatoms. The number of rotatable bonds is 4. The van der Waals surface area contributed by atoms with Gasteiger partial charge in [-0.25, -0.2) is 19.9 Å². The molecule has 0 aromatic carbocycles. The number of fused-ring (bicyclic) bond motifs is 2. The van der Waals surface area contributed by atoms with E-state index >= 15 is 0 Å². The van der Waals surface area contributed by atoms with Crippen LogP contribution in [0.4, 0.5) is 18.2 Å². The summed E-state index contributed by atoms with van der Waals surface area (Å²) in [5.41, 5.74) is 2.65. The highest BCUT2D eigenvalue weighted by molar-refractivity contribution is 7.16. The standard InChI is InChI=1S/C23H20F3N9OS/c1-13-10-33(7-8-35(13)17(36)11-34-12-29-15-3-2-5-28-20(15)34)21-18(32-22(37-21)23(24,25)26)19-30-14-4-6-27-9-16(14)31-19/h2-6,9,12-13H,7-8,10-11H2,1H3,(H,30,31). The van der Waals surface area contributed by atoms with Gasteiger partial charge in [-0.3, -0.25) is 9.78 Å². The number of halogens is 3.